The molecule has 0 aromatic carbocycles. The Morgan fingerprint density at radius 3 is 2.56 bits per heavy atom. The van der Waals surface area contributed by atoms with Gasteiger partial charge in [0.15, 0.2) is 0 Å². The molecule has 0 N–H and O–H groups in total. The standard InChI is InChI=1S/C18H24BN3O5/c1-17(2)18(3,4)27-19(26-17)13-10-14(16(23)24-5)15(21-11-13)25-9-8-22-7-6-20-12-22/h6-7,10-12H,8-9H2,1-5H3. The summed E-state index contributed by atoms with van der Waals surface area (Å²) in [4.78, 5) is 20.5. The summed E-state index contributed by atoms with van der Waals surface area (Å²) in [5.41, 5.74) is -0.0991. The van der Waals surface area contributed by atoms with Crippen LogP contribution in [-0.4, -0.2) is 52.5 Å². The molecule has 0 bridgehead atoms. The van der Waals surface area contributed by atoms with Gasteiger partial charge in [-0.15, -0.1) is 0 Å². The SMILES string of the molecule is COC(=O)c1cc(B2OC(C)(C)C(C)(C)O2)cnc1OCCn1ccnc1. The highest BCUT2D eigenvalue weighted by molar-refractivity contribution is 6.62. The van der Waals surface area contributed by atoms with Gasteiger partial charge < -0.3 is 23.3 Å². The van der Waals surface area contributed by atoms with Gasteiger partial charge in [-0.1, -0.05) is 0 Å². The monoisotopic (exact) mass is 373 g/mol. The van der Waals surface area contributed by atoms with E-state index in [0.29, 0.717) is 18.6 Å². The van der Waals surface area contributed by atoms with Gasteiger partial charge in [0.05, 0.1) is 31.2 Å². The third-order valence-corrected chi connectivity index (χ3v) is 4.95. The predicted octanol–water partition coefficient (Wildman–Crippen LogP) is 1.44. The average Bonchev–Trinajstić information content (AvgIpc) is 3.20. The summed E-state index contributed by atoms with van der Waals surface area (Å²) in [6, 6.07) is 1.65. The van der Waals surface area contributed by atoms with Crippen LogP contribution in [0.2, 0.25) is 0 Å². The van der Waals surface area contributed by atoms with Gasteiger partial charge in [-0.2, -0.15) is 0 Å². The molecular weight excluding hydrogens is 349 g/mol. The van der Waals surface area contributed by atoms with E-state index < -0.39 is 24.3 Å². The molecule has 144 valence electrons. The molecular formula is C18H24BN3O5. The first-order chi connectivity index (χ1) is 12.7. The molecule has 0 atom stereocenters. The highest BCUT2D eigenvalue weighted by atomic mass is 16.7. The summed E-state index contributed by atoms with van der Waals surface area (Å²) in [7, 11) is 0.699. The minimum Gasteiger partial charge on any atom is -0.475 e. The zero-order chi connectivity index (χ0) is 19.7. The highest BCUT2D eigenvalue weighted by Crippen LogP contribution is 2.36. The van der Waals surface area contributed by atoms with Crippen LogP contribution in [0.1, 0.15) is 38.1 Å². The van der Waals surface area contributed by atoms with Crippen molar-refractivity contribution in [2.45, 2.75) is 45.4 Å². The Hall–Kier alpha value is -2.39. The largest absolute Gasteiger partial charge is 0.496 e. The summed E-state index contributed by atoms with van der Waals surface area (Å²) in [6.45, 7) is 8.79. The summed E-state index contributed by atoms with van der Waals surface area (Å²) in [5, 5.41) is 0. The lowest BCUT2D eigenvalue weighted by Gasteiger charge is -2.32. The van der Waals surface area contributed by atoms with Crippen molar-refractivity contribution in [2.75, 3.05) is 13.7 Å². The number of ether oxygens (including phenoxy) is 2. The zero-order valence-corrected chi connectivity index (χ0v) is 16.3. The number of nitrogens with zero attached hydrogens (tertiary/aromatic N) is 3. The average molecular weight is 373 g/mol. The molecule has 2 aromatic heterocycles. The van der Waals surface area contributed by atoms with Crippen LogP contribution in [0.3, 0.4) is 0 Å². The van der Waals surface area contributed by atoms with Crippen molar-refractivity contribution in [3.8, 4) is 5.88 Å². The maximum atomic E-state index is 12.2. The summed E-state index contributed by atoms with van der Waals surface area (Å²) in [6.07, 6.45) is 6.82. The molecule has 1 aliphatic rings. The van der Waals surface area contributed by atoms with E-state index in [9.17, 15) is 4.79 Å². The van der Waals surface area contributed by atoms with Crippen LogP contribution in [0, 0.1) is 0 Å². The van der Waals surface area contributed by atoms with Crippen LogP contribution in [0.25, 0.3) is 0 Å². The van der Waals surface area contributed by atoms with Crippen LogP contribution in [0.5, 0.6) is 5.88 Å². The third kappa shape index (κ3) is 3.99. The molecule has 2 aromatic rings. The van der Waals surface area contributed by atoms with Crippen LogP contribution in [0.15, 0.2) is 31.0 Å². The Kier molecular flexibility index (Phi) is 5.25. The van der Waals surface area contributed by atoms with Crippen LogP contribution in [0.4, 0.5) is 0 Å². The highest BCUT2D eigenvalue weighted by Gasteiger charge is 2.52. The van der Waals surface area contributed by atoms with Crippen molar-refractivity contribution in [3.63, 3.8) is 0 Å². The normalized spacial score (nSPS) is 17.7. The number of hydrogen-bond acceptors (Lipinski definition) is 7. The van der Waals surface area contributed by atoms with Crippen molar-refractivity contribution >= 4 is 18.6 Å². The van der Waals surface area contributed by atoms with E-state index in [1.807, 2.05) is 38.5 Å². The van der Waals surface area contributed by atoms with E-state index >= 15 is 0 Å². The van der Waals surface area contributed by atoms with E-state index in [1.54, 1.807) is 24.8 Å². The van der Waals surface area contributed by atoms with E-state index in [1.165, 1.54) is 7.11 Å². The lowest BCUT2D eigenvalue weighted by atomic mass is 9.79. The third-order valence-electron chi connectivity index (χ3n) is 4.95. The number of esters is 1. The van der Waals surface area contributed by atoms with E-state index in [2.05, 4.69) is 9.97 Å². The molecule has 0 amide bonds. The second-order valence-electron chi connectivity index (χ2n) is 7.35. The quantitative estimate of drug-likeness (QED) is 0.560. The number of rotatable bonds is 6. The minimum atomic E-state index is -0.620. The number of methoxy groups -OCH3 is 1. The molecule has 8 nitrogen and oxygen atoms in total. The fourth-order valence-corrected chi connectivity index (χ4v) is 2.61. The molecule has 3 heterocycles. The van der Waals surface area contributed by atoms with E-state index in [4.69, 9.17) is 18.8 Å². The van der Waals surface area contributed by atoms with Crippen molar-refractivity contribution < 1.29 is 23.6 Å². The molecule has 0 radical (unpaired) electrons. The van der Waals surface area contributed by atoms with Gasteiger partial charge in [0.2, 0.25) is 5.88 Å². The Morgan fingerprint density at radius 2 is 1.96 bits per heavy atom. The number of pyridine rings is 1. The first kappa shape index (κ1) is 19.4. The predicted molar refractivity (Wildman–Crippen MR) is 99.0 cm³/mol. The maximum Gasteiger partial charge on any atom is 0.496 e. The molecule has 1 aliphatic heterocycles. The number of carbonyl (C=O) groups excluding carboxylic acids is 1. The zero-order valence-electron chi connectivity index (χ0n) is 16.3. The molecule has 1 fully saturated rings. The van der Waals surface area contributed by atoms with Crippen LogP contribution >= 0.6 is 0 Å². The van der Waals surface area contributed by atoms with Gasteiger partial charge in [0.1, 0.15) is 12.2 Å². The molecule has 9 heteroatoms. The van der Waals surface area contributed by atoms with Crippen LogP contribution in [-0.2, 0) is 20.6 Å². The lowest BCUT2D eigenvalue weighted by Crippen LogP contribution is -2.41. The minimum absolute atomic E-state index is 0.210. The Balaban J connectivity index is 1.79. The Bertz CT molecular complexity index is 791. The summed E-state index contributed by atoms with van der Waals surface area (Å²) in [5.74, 6) is -0.319. The topological polar surface area (TPSA) is 84.7 Å². The molecule has 0 spiro atoms. The summed E-state index contributed by atoms with van der Waals surface area (Å²) >= 11 is 0. The van der Waals surface area contributed by atoms with Gasteiger partial charge in [0, 0.05) is 24.1 Å². The van der Waals surface area contributed by atoms with Crippen molar-refractivity contribution in [3.05, 3.63) is 36.5 Å². The maximum absolute atomic E-state index is 12.2. The molecule has 0 saturated carbocycles. The van der Waals surface area contributed by atoms with Gasteiger partial charge in [0.25, 0.3) is 0 Å². The molecule has 1 saturated heterocycles. The molecule has 3 rings (SSSR count). The summed E-state index contributed by atoms with van der Waals surface area (Å²) < 4.78 is 24.5. The molecule has 0 aliphatic carbocycles. The second kappa shape index (κ2) is 7.32. The number of imidazole rings is 1. The smallest absolute Gasteiger partial charge is 0.475 e. The second-order valence-corrected chi connectivity index (χ2v) is 7.35. The lowest BCUT2D eigenvalue weighted by molar-refractivity contribution is 0.00578. The first-order valence-electron chi connectivity index (χ1n) is 8.76. The Morgan fingerprint density at radius 1 is 1.26 bits per heavy atom. The van der Waals surface area contributed by atoms with E-state index in [-0.39, 0.29) is 11.4 Å². The van der Waals surface area contributed by atoms with Gasteiger partial charge >= 0.3 is 13.1 Å². The van der Waals surface area contributed by atoms with Gasteiger partial charge in [-0.25, -0.2) is 14.8 Å². The number of hydrogen-bond donors (Lipinski definition) is 0. The molecule has 0 unspecified atom stereocenters. The fourth-order valence-electron chi connectivity index (χ4n) is 2.61. The first-order valence-corrected chi connectivity index (χ1v) is 8.76. The Labute approximate surface area is 158 Å². The van der Waals surface area contributed by atoms with Crippen molar-refractivity contribution in [1.82, 2.24) is 14.5 Å². The molecule has 27 heavy (non-hydrogen) atoms. The fraction of sp³-hybridized carbons (Fsp3) is 0.500. The number of aromatic nitrogens is 3. The number of carbonyl (C=O) groups is 1. The van der Waals surface area contributed by atoms with Gasteiger partial charge in [-0.3, -0.25) is 0 Å². The van der Waals surface area contributed by atoms with Crippen LogP contribution < -0.4 is 10.2 Å². The van der Waals surface area contributed by atoms with Gasteiger partial charge in [-0.05, 0) is 33.8 Å². The van der Waals surface area contributed by atoms with Crippen molar-refractivity contribution in [2.24, 2.45) is 0 Å². The van der Waals surface area contributed by atoms with Crippen molar-refractivity contribution in [1.29, 1.82) is 0 Å². The van der Waals surface area contributed by atoms with E-state index in [0.717, 1.165) is 0 Å².